The van der Waals surface area contributed by atoms with Gasteiger partial charge in [0, 0.05) is 54.9 Å². The third-order valence-corrected chi connectivity index (χ3v) is 8.86. The van der Waals surface area contributed by atoms with Crippen molar-refractivity contribution in [1.82, 2.24) is 19.4 Å². The summed E-state index contributed by atoms with van der Waals surface area (Å²) in [4.78, 5) is 46.7. The lowest BCUT2D eigenvalue weighted by Gasteiger charge is -2.36. The van der Waals surface area contributed by atoms with Crippen LogP contribution >= 0.6 is 23.1 Å². The highest BCUT2D eigenvalue weighted by Gasteiger charge is 2.38. The predicted octanol–water partition coefficient (Wildman–Crippen LogP) is 1.83. The number of nitrogens with one attached hydrogen (secondary N) is 1. The summed E-state index contributed by atoms with van der Waals surface area (Å²) in [6, 6.07) is 0.449. The first-order valence-electron chi connectivity index (χ1n) is 12.1. The maximum Gasteiger partial charge on any atom is 0.417 e. The molecule has 212 valence electrons. The van der Waals surface area contributed by atoms with Gasteiger partial charge in [0.25, 0.3) is 0 Å². The van der Waals surface area contributed by atoms with Crippen LogP contribution < -0.4 is 25.3 Å². The summed E-state index contributed by atoms with van der Waals surface area (Å²) in [6.07, 6.45) is -2.39. The fourth-order valence-electron chi connectivity index (χ4n) is 5.00. The third-order valence-electron chi connectivity index (χ3n) is 6.79. The second kappa shape index (κ2) is 10.9. The molecular weight excluding hydrogens is 574 g/mol. The topological polar surface area (TPSA) is 101 Å². The monoisotopic (exact) mass is 597 g/mol. The highest BCUT2D eigenvalue weighted by atomic mass is 32.2. The van der Waals surface area contributed by atoms with Crippen molar-refractivity contribution in [2.24, 2.45) is 0 Å². The number of rotatable bonds is 5. The Balaban J connectivity index is 1.82. The number of piperazine rings is 1. The molecule has 2 aliphatic heterocycles. The number of carbonyl (C=O) groups excluding carboxylic acids is 1. The average Bonchev–Trinajstić information content (AvgIpc) is 3.29. The number of hydrogen-bond donors (Lipinski definition) is 1. The Morgan fingerprint density at radius 3 is 2.62 bits per heavy atom. The number of thiazole rings is 1. The van der Waals surface area contributed by atoms with E-state index in [1.54, 1.807) is 9.80 Å². The van der Waals surface area contributed by atoms with Gasteiger partial charge >= 0.3 is 16.7 Å². The standard InChI is InChI=1S/C25H23F4N5O4S2/c1-3-19(35)32-4-6-33(7-5-32)22-15-8-16(25(27,28)29)14(9-17-18(10-26)40-24(37)30-17)21-20(15)34(23(36)31-22)13(11-38-2)12-39-21/h3,8-10,13H,1,4-7,11-12H2,2H3,(H,30,37)/b17-9-,18-10-. The van der Waals surface area contributed by atoms with Crippen LogP contribution in [0.15, 0.2) is 33.2 Å². The third kappa shape index (κ3) is 4.97. The minimum atomic E-state index is -4.83. The van der Waals surface area contributed by atoms with E-state index in [4.69, 9.17) is 4.74 Å². The lowest BCUT2D eigenvalue weighted by atomic mass is 10.0. The van der Waals surface area contributed by atoms with Crippen LogP contribution in [0.5, 0.6) is 0 Å². The highest BCUT2D eigenvalue weighted by Crippen LogP contribution is 2.46. The lowest BCUT2D eigenvalue weighted by molar-refractivity contribution is -0.137. The van der Waals surface area contributed by atoms with Crippen molar-refractivity contribution in [2.75, 3.05) is 50.5 Å². The molecule has 15 heteroatoms. The number of carbonyl (C=O) groups is 1. The molecule has 0 aliphatic carbocycles. The molecule has 0 bridgehead atoms. The quantitative estimate of drug-likeness (QED) is 0.354. The molecule has 1 fully saturated rings. The number of nitrogens with zero attached hydrogens (tertiary/aromatic N) is 4. The molecular formula is C25H23F4N5O4S2. The Morgan fingerprint density at radius 2 is 2.00 bits per heavy atom. The van der Waals surface area contributed by atoms with Crippen molar-refractivity contribution < 1.29 is 27.1 Å². The molecule has 0 spiro atoms. The van der Waals surface area contributed by atoms with Crippen molar-refractivity contribution >= 4 is 58.1 Å². The zero-order valence-electron chi connectivity index (χ0n) is 21.1. The Morgan fingerprint density at radius 1 is 1.27 bits per heavy atom. The zero-order valence-corrected chi connectivity index (χ0v) is 22.7. The summed E-state index contributed by atoms with van der Waals surface area (Å²) in [5.74, 6) is 0.0452. The summed E-state index contributed by atoms with van der Waals surface area (Å²) in [6.45, 7) is 4.65. The van der Waals surface area contributed by atoms with Gasteiger partial charge in [-0.25, -0.2) is 9.18 Å². The molecule has 0 saturated carbocycles. The van der Waals surface area contributed by atoms with Crippen molar-refractivity contribution in [3.8, 4) is 0 Å². The molecule has 1 saturated heterocycles. The smallest absolute Gasteiger partial charge is 0.383 e. The number of aromatic nitrogens is 3. The molecule has 40 heavy (non-hydrogen) atoms. The summed E-state index contributed by atoms with van der Waals surface area (Å²) in [5.41, 5.74) is -1.70. The summed E-state index contributed by atoms with van der Waals surface area (Å²) < 4.78 is 63.7. The number of amides is 1. The Kier molecular flexibility index (Phi) is 7.63. The largest absolute Gasteiger partial charge is 0.417 e. The number of thioether (sulfide) groups is 1. The van der Waals surface area contributed by atoms with Gasteiger partial charge in [0.15, 0.2) is 0 Å². The maximum absolute atomic E-state index is 14.6. The van der Waals surface area contributed by atoms with Crippen LogP contribution in [0.1, 0.15) is 17.2 Å². The van der Waals surface area contributed by atoms with E-state index in [-0.39, 0.29) is 87.8 Å². The zero-order chi connectivity index (χ0) is 28.8. The molecule has 2 aromatic heterocycles. The first-order chi connectivity index (χ1) is 19.1. The van der Waals surface area contributed by atoms with E-state index < -0.39 is 28.3 Å². The van der Waals surface area contributed by atoms with Crippen LogP contribution in [0.3, 0.4) is 0 Å². The van der Waals surface area contributed by atoms with Crippen LogP contribution in [-0.4, -0.2) is 71.0 Å². The molecule has 9 nitrogen and oxygen atoms in total. The van der Waals surface area contributed by atoms with Gasteiger partial charge in [0.1, 0.15) is 12.1 Å². The number of alkyl halides is 3. The molecule has 5 rings (SSSR count). The van der Waals surface area contributed by atoms with E-state index in [9.17, 15) is 31.9 Å². The summed E-state index contributed by atoms with van der Waals surface area (Å²) in [7, 11) is 1.46. The van der Waals surface area contributed by atoms with Gasteiger partial charge in [0.05, 0.1) is 33.6 Å². The van der Waals surface area contributed by atoms with Crippen LogP contribution in [0.2, 0.25) is 0 Å². The van der Waals surface area contributed by atoms with Crippen LogP contribution in [0.25, 0.3) is 23.3 Å². The number of benzene rings is 1. The van der Waals surface area contributed by atoms with Gasteiger partial charge in [0.2, 0.25) is 5.91 Å². The second-order valence-corrected chi connectivity index (χ2v) is 11.2. The van der Waals surface area contributed by atoms with E-state index in [0.29, 0.717) is 11.3 Å². The van der Waals surface area contributed by atoms with E-state index in [2.05, 4.69) is 16.5 Å². The molecule has 2 aliphatic rings. The van der Waals surface area contributed by atoms with Crippen molar-refractivity contribution in [3.63, 3.8) is 0 Å². The number of halogens is 4. The van der Waals surface area contributed by atoms with E-state index in [0.717, 1.165) is 23.9 Å². The number of aromatic amines is 1. The average molecular weight is 598 g/mol. The molecule has 1 N–H and O–H groups in total. The molecule has 1 aromatic carbocycles. The number of ether oxygens (including phenoxy) is 1. The van der Waals surface area contributed by atoms with Gasteiger partial charge in [-0.2, -0.15) is 18.2 Å². The molecule has 3 aromatic rings. The lowest BCUT2D eigenvalue weighted by Crippen LogP contribution is -2.49. The predicted molar refractivity (Wildman–Crippen MR) is 145 cm³/mol. The van der Waals surface area contributed by atoms with Gasteiger partial charge in [-0.15, -0.1) is 11.8 Å². The fraction of sp³-hybridized carbons (Fsp3) is 0.360. The van der Waals surface area contributed by atoms with Crippen molar-refractivity contribution in [3.05, 3.63) is 59.9 Å². The molecule has 1 atom stereocenters. The second-order valence-electron chi connectivity index (χ2n) is 9.13. The molecule has 1 amide bonds. The minimum absolute atomic E-state index is 0.0839. The molecule has 0 radical (unpaired) electrons. The van der Waals surface area contributed by atoms with Crippen molar-refractivity contribution in [2.45, 2.75) is 17.1 Å². The van der Waals surface area contributed by atoms with Gasteiger partial charge in [-0.05, 0) is 18.2 Å². The normalized spacial score (nSPS) is 18.6. The fourth-order valence-corrected chi connectivity index (χ4v) is 6.90. The van der Waals surface area contributed by atoms with Crippen LogP contribution in [0.4, 0.5) is 23.4 Å². The Bertz CT molecular complexity index is 1740. The van der Waals surface area contributed by atoms with E-state index in [1.807, 2.05) is 0 Å². The van der Waals surface area contributed by atoms with Crippen LogP contribution in [-0.2, 0) is 15.7 Å². The first-order valence-corrected chi connectivity index (χ1v) is 13.9. The van der Waals surface area contributed by atoms with Gasteiger partial charge in [-0.3, -0.25) is 14.2 Å². The highest BCUT2D eigenvalue weighted by molar-refractivity contribution is 7.99. The minimum Gasteiger partial charge on any atom is -0.383 e. The number of methoxy groups -OCH3 is 1. The number of anilines is 1. The SMILES string of the molecule is C=CC(=O)N1CCN(c2nc(=O)n3c4c(c(/C=c5\[nH]c(=O)s\c5=C/F)c(C(F)(F)F)cc24)SCC3COC)CC1. The van der Waals surface area contributed by atoms with Crippen LogP contribution in [0, 0.1) is 0 Å². The summed E-state index contributed by atoms with van der Waals surface area (Å²) >= 11 is 1.66. The number of H-pyrrole nitrogens is 1. The Labute approximate surface area is 232 Å². The molecule has 1 unspecified atom stereocenters. The number of hydrogen-bond acceptors (Lipinski definition) is 8. The van der Waals surface area contributed by atoms with Crippen molar-refractivity contribution in [1.29, 1.82) is 0 Å². The van der Waals surface area contributed by atoms with E-state index in [1.165, 1.54) is 17.8 Å². The molecule has 4 heterocycles. The van der Waals surface area contributed by atoms with E-state index >= 15 is 0 Å². The summed E-state index contributed by atoms with van der Waals surface area (Å²) in [5, 5.41) is 0.0105. The van der Waals surface area contributed by atoms with Gasteiger partial charge in [-0.1, -0.05) is 17.9 Å². The van der Waals surface area contributed by atoms with Gasteiger partial charge < -0.3 is 19.5 Å². The maximum atomic E-state index is 14.6. The first kappa shape index (κ1) is 28.1. The Hall–Kier alpha value is -3.43.